The third kappa shape index (κ3) is 1.78. The van der Waals surface area contributed by atoms with Gasteiger partial charge in [0, 0.05) is 12.7 Å². The molecule has 0 aromatic heterocycles. The molecule has 84 valence electrons. The summed E-state index contributed by atoms with van der Waals surface area (Å²) in [4.78, 5) is 24.0. The Morgan fingerprint density at radius 2 is 2.19 bits per heavy atom. The molecule has 1 atom stereocenters. The molecule has 0 bridgehead atoms. The molecule has 0 saturated carbocycles. The highest BCUT2D eigenvalue weighted by atomic mass is 16.2. The Morgan fingerprint density at radius 1 is 1.44 bits per heavy atom. The van der Waals surface area contributed by atoms with Crippen LogP contribution in [0.3, 0.4) is 0 Å². The molecular weight excluding hydrogens is 204 g/mol. The molecule has 0 saturated heterocycles. The molecule has 0 spiro atoms. The maximum absolute atomic E-state index is 12.0. The number of nitrogens with one attached hydrogen (secondary N) is 1. The lowest BCUT2D eigenvalue weighted by Gasteiger charge is -2.20. The number of carbonyl (C=O) groups is 2. The van der Waals surface area contributed by atoms with Crippen molar-refractivity contribution in [2.75, 3.05) is 11.9 Å². The fraction of sp³-hybridized carbons (Fsp3) is 0.333. The minimum absolute atomic E-state index is 0.0583. The number of aryl methyl sites for hydroxylation is 1. The maximum Gasteiger partial charge on any atom is 0.249 e. The highest BCUT2D eigenvalue weighted by Crippen LogP contribution is 2.25. The molecule has 1 aromatic rings. The van der Waals surface area contributed by atoms with Crippen LogP contribution >= 0.6 is 0 Å². The molecule has 0 aliphatic carbocycles. The number of nitrogens with zero attached hydrogens (tertiary/aromatic N) is 1. The van der Waals surface area contributed by atoms with Crippen molar-refractivity contribution in [3.05, 3.63) is 29.8 Å². The summed E-state index contributed by atoms with van der Waals surface area (Å²) < 4.78 is 0. The first-order chi connectivity index (χ1) is 7.74. The number of benzene rings is 1. The van der Waals surface area contributed by atoms with E-state index in [-0.39, 0.29) is 5.91 Å². The van der Waals surface area contributed by atoms with Crippen molar-refractivity contribution in [3.8, 4) is 0 Å². The van der Waals surface area contributed by atoms with Crippen LogP contribution in [0.1, 0.15) is 12.0 Å². The van der Waals surface area contributed by atoms with Gasteiger partial charge in [-0.15, -0.1) is 0 Å². The summed E-state index contributed by atoms with van der Waals surface area (Å²) >= 11 is 0. The fourth-order valence-corrected chi connectivity index (χ4v) is 2.06. The maximum atomic E-state index is 12.0. The van der Waals surface area contributed by atoms with Crippen molar-refractivity contribution >= 4 is 18.0 Å². The summed E-state index contributed by atoms with van der Waals surface area (Å²) in [5, 5.41) is 2.57. The number of hydrogen-bond donors (Lipinski definition) is 1. The number of likely N-dealkylation sites (N-methyl/N-ethyl adjacent to an activating group) is 1. The van der Waals surface area contributed by atoms with Crippen LogP contribution in [0.4, 0.5) is 5.69 Å². The molecule has 4 nitrogen and oxygen atoms in total. The van der Waals surface area contributed by atoms with Gasteiger partial charge in [-0.3, -0.25) is 9.59 Å². The summed E-state index contributed by atoms with van der Waals surface area (Å²) in [6.07, 6.45) is 2.04. The zero-order valence-electron chi connectivity index (χ0n) is 9.14. The van der Waals surface area contributed by atoms with Crippen molar-refractivity contribution in [1.29, 1.82) is 0 Å². The van der Waals surface area contributed by atoms with Gasteiger partial charge in [0.1, 0.15) is 6.04 Å². The minimum Gasteiger partial charge on any atom is -0.347 e. The van der Waals surface area contributed by atoms with Crippen LogP contribution in [-0.4, -0.2) is 25.4 Å². The Hall–Kier alpha value is -1.84. The molecule has 2 rings (SSSR count). The van der Waals surface area contributed by atoms with E-state index in [1.165, 1.54) is 0 Å². The Bertz CT molecular complexity index is 417. The number of fused-ring (bicyclic) bond motifs is 1. The molecular formula is C12H14N2O2. The van der Waals surface area contributed by atoms with E-state index in [1.54, 1.807) is 11.9 Å². The van der Waals surface area contributed by atoms with E-state index in [0.29, 0.717) is 12.8 Å². The molecule has 2 amide bonds. The lowest BCUT2D eigenvalue weighted by Crippen LogP contribution is -2.43. The molecule has 0 unspecified atom stereocenters. The average molecular weight is 218 g/mol. The van der Waals surface area contributed by atoms with Gasteiger partial charge >= 0.3 is 0 Å². The molecule has 1 aromatic carbocycles. The highest BCUT2D eigenvalue weighted by molar-refractivity contribution is 5.98. The molecule has 16 heavy (non-hydrogen) atoms. The van der Waals surface area contributed by atoms with Gasteiger partial charge < -0.3 is 10.2 Å². The predicted molar refractivity (Wildman–Crippen MR) is 61.2 cm³/mol. The fourth-order valence-electron chi connectivity index (χ4n) is 2.06. The number of anilines is 1. The Balaban J connectivity index is 2.33. The van der Waals surface area contributed by atoms with Crippen molar-refractivity contribution in [2.24, 2.45) is 0 Å². The second-order valence-electron chi connectivity index (χ2n) is 3.90. The first-order valence-electron chi connectivity index (χ1n) is 5.29. The highest BCUT2D eigenvalue weighted by Gasteiger charge is 2.27. The SMILES string of the molecule is CN1C(=O)[C@@H](NC=O)CCc2ccccc21. The minimum atomic E-state index is -0.408. The van der Waals surface area contributed by atoms with Crippen LogP contribution < -0.4 is 10.2 Å². The Kier molecular flexibility index (Phi) is 2.90. The molecule has 0 radical (unpaired) electrons. The van der Waals surface area contributed by atoms with E-state index in [9.17, 15) is 9.59 Å². The van der Waals surface area contributed by atoms with Crippen LogP contribution in [-0.2, 0) is 16.0 Å². The second kappa shape index (κ2) is 4.35. The van der Waals surface area contributed by atoms with Crippen molar-refractivity contribution in [3.63, 3.8) is 0 Å². The monoisotopic (exact) mass is 218 g/mol. The average Bonchev–Trinajstić information content (AvgIpc) is 2.43. The first kappa shape index (κ1) is 10.7. The van der Waals surface area contributed by atoms with Crippen LogP contribution in [0, 0.1) is 0 Å². The number of rotatable bonds is 2. The molecule has 1 heterocycles. The van der Waals surface area contributed by atoms with E-state index in [4.69, 9.17) is 0 Å². The lowest BCUT2D eigenvalue weighted by molar-refractivity contribution is -0.122. The Labute approximate surface area is 94.2 Å². The second-order valence-corrected chi connectivity index (χ2v) is 3.90. The van der Waals surface area contributed by atoms with Crippen molar-refractivity contribution in [2.45, 2.75) is 18.9 Å². The molecule has 4 heteroatoms. The normalized spacial score (nSPS) is 19.9. The van der Waals surface area contributed by atoms with Gasteiger partial charge in [-0.05, 0) is 24.5 Å². The number of amides is 2. The number of para-hydroxylation sites is 1. The van der Waals surface area contributed by atoms with Gasteiger partial charge in [-0.1, -0.05) is 18.2 Å². The summed E-state index contributed by atoms with van der Waals surface area (Å²) in [7, 11) is 1.74. The summed E-state index contributed by atoms with van der Waals surface area (Å²) in [5.74, 6) is -0.0583. The first-order valence-corrected chi connectivity index (χ1v) is 5.29. The zero-order valence-corrected chi connectivity index (χ0v) is 9.14. The lowest BCUT2D eigenvalue weighted by atomic mass is 10.1. The standard InChI is InChI=1S/C12H14N2O2/c1-14-11-5-3-2-4-9(11)6-7-10(12(14)16)13-8-15/h2-5,8,10H,6-7H2,1H3,(H,13,15)/t10-/m0/s1. The van der Waals surface area contributed by atoms with Crippen molar-refractivity contribution < 1.29 is 9.59 Å². The smallest absolute Gasteiger partial charge is 0.249 e. The van der Waals surface area contributed by atoms with E-state index in [0.717, 1.165) is 17.7 Å². The Morgan fingerprint density at radius 3 is 2.94 bits per heavy atom. The summed E-state index contributed by atoms with van der Waals surface area (Å²) in [6, 6.07) is 7.41. The van der Waals surface area contributed by atoms with Gasteiger partial charge in [-0.25, -0.2) is 0 Å². The van der Waals surface area contributed by atoms with Gasteiger partial charge in [0.25, 0.3) is 0 Å². The summed E-state index contributed by atoms with van der Waals surface area (Å²) in [6.45, 7) is 0. The summed E-state index contributed by atoms with van der Waals surface area (Å²) in [5.41, 5.74) is 2.08. The van der Waals surface area contributed by atoms with Gasteiger partial charge in [0.05, 0.1) is 0 Å². The van der Waals surface area contributed by atoms with Gasteiger partial charge in [0.15, 0.2) is 0 Å². The van der Waals surface area contributed by atoms with E-state index in [1.807, 2.05) is 24.3 Å². The predicted octanol–water partition coefficient (Wildman–Crippen LogP) is 0.710. The van der Waals surface area contributed by atoms with Crippen molar-refractivity contribution in [1.82, 2.24) is 5.32 Å². The number of hydrogen-bond acceptors (Lipinski definition) is 2. The van der Waals surface area contributed by atoms with Gasteiger partial charge in [0.2, 0.25) is 12.3 Å². The third-order valence-corrected chi connectivity index (χ3v) is 2.95. The van der Waals surface area contributed by atoms with Gasteiger partial charge in [-0.2, -0.15) is 0 Å². The largest absolute Gasteiger partial charge is 0.347 e. The third-order valence-electron chi connectivity index (χ3n) is 2.95. The zero-order chi connectivity index (χ0) is 11.5. The number of carbonyl (C=O) groups excluding carboxylic acids is 2. The topological polar surface area (TPSA) is 49.4 Å². The van der Waals surface area contributed by atoms with E-state index < -0.39 is 6.04 Å². The van der Waals surface area contributed by atoms with E-state index >= 15 is 0 Å². The molecule has 1 N–H and O–H groups in total. The molecule has 1 aliphatic rings. The van der Waals surface area contributed by atoms with Crippen LogP contribution in [0.2, 0.25) is 0 Å². The van der Waals surface area contributed by atoms with Crippen LogP contribution in [0.5, 0.6) is 0 Å². The molecule has 0 fully saturated rings. The van der Waals surface area contributed by atoms with Crippen LogP contribution in [0.15, 0.2) is 24.3 Å². The van der Waals surface area contributed by atoms with E-state index in [2.05, 4.69) is 5.32 Å². The van der Waals surface area contributed by atoms with Crippen LogP contribution in [0.25, 0.3) is 0 Å². The quantitative estimate of drug-likeness (QED) is 0.743. The molecule has 1 aliphatic heterocycles.